The minimum absolute atomic E-state index is 0.0474. The van der Waals surface area contributed by atoms with Crippen LogP contribution >= 0.6 is 0 Å². The summed E-state index contributed by atoms with van der Waals surface area (Å²) in [6.45, 7) is 3.18. The third-order valence-corrected chi connectivity index (χ3v) is 6.64. The monoisotopic (exact) mass is 562 g/mol. The van der Waals surface area contributed by atoms with Crippen molar-refractivity contribution in [2.24, 2.45) is 7.05 Å². The van der Waals surface area contributed by atoms with Crippen LogP contribution in [0.25, 0.3) is 28.1 Å². The Morgan fingerprint density at radius 3 is 2.64 bits per heavy atom. The highest BCUT2D eigenvalue weighted by Crippen LogP contribution is 2.30. The molecule has 214 valence electrons. The third kappa shape index (κ3) is 6.79. The maximum atomic E-state index is 12.3. The SMILES string of the molecule is Cc1cc(Nc2ncnc3ccc(/C=C/CN(C)C(=O)/C=C/CN(C)C)nc23)ccc1Oc1ccc2c(c1)ncn2C. The first kappa shape index (κ1) is 28.4. The lowest BCUT2D eigenvalue weighted by Crippen LogP contribution is -2.25. The lowest BCUT2D eigenvalue weighted by Gasteiger charge is -2.13. The van der Waals surface area contributed by atoms with Gasteiger partial charge in [-0.25, -0.2) is 19.9 Å². The van der Waals surface area contributed by atoms with Gasteiger partial charge in [0, 0.05) is 45.0 Å². The molecule has 0 saturated heterocycles. The molecule has 0 aliphatic carbocycles. The number of fused-ring (bicyclic) bond motifs is 2. The molecular weight excluding hydrogens is 528 g/mol. The summed E-state index contributed by atoms with van der Waals surface area (Å²) in [5.41, 5.74) is 5.87. The highest BCUT2D eigenvalue weighted by molar-refractivity contribution is 5.88. The Morgan fingerprint density at radius 2 is 1.83 bits per heavy atom. The number of likely N-dealkylation sites (N-methyl/N-ethyl adjacent to an activating group) is 2. The van der Waals surface area contributed by atoms with Crippen LogP contribution in [0.5, 0.6) is 11.5 Å². The number of rotatable bonds is 10. The highest BCUT2D eigenvalue weighted by Gasteiger charge is 2.10. The molecule has 2 aromatic carbocycles. The smallest absolute Gasteiger partial charge is 0.246 e. The van der Waals surface area contributed by atoms with Gasteiger partial charge in [-0.1, -0.05) is 12.2 Å². The predicted molar refractivity (Wildman–Crippen MR) is 167 cm³/mol. The average Bonchev–Trinajstić information content (AvgIpc) is 3.34. The molecule has 1 N–H and O–H groups in total. The summed E-state index contributed by atoms with van der Waals surface area (Å²) in [6, 6.07) is 15.6. The number of hydrogen-bond donors (Lipinski definition) is 1. The normalized spacial score (nSPS) is 11.8. The molecule has 5 aromatic rings. The number of anilines is 2. The zero-order valence-corrected chi connectivity index (χ0v) is 24.4. The molecule has 42 heavy (non-hydrogen) atoms. The summed E-state index contributed by atoms with van der Waals surface area (Å²) in [5, 5.41) is 3.38. The Hall–Kier alpha value is -5.09. The molecular formula is C32H34N8O2. The summed E-state index contributed by atoms with van der Waals surface area (Å²) in [5.74, 6) is 2.04. The zero-order valence-electron chi connectivity index (χ0n) is 24.4. The first-order valence-corrected chi connectivity index (χ1v) is 13.6. The van der Waals surface area contributed by atoms with Gasteiger partial charge in [-0.3, -0.25) is 4.79 Å². The topological polar surface area (TPSA) is 101 Å². The van der Waals surface area contributed by atoms with Gasteiger partial charge in [0.15, 0.2) is 5.82 Å². The van der Waals surface area contributed by atoms with Crippen LogP contribution in [0, 0.1) is 6.92 Å². The van der Waals surface area contributed by atoms with Crippen molar-refractivity contribution in [1.29, 1.82) is 0 Å². The van der Waals surface area contributed by atoms with E-state index in [1.165, 1.54) is 6.33 Å². The fourth-order valence-electron chi connectivity index (χ4n) is 4.34. The molecule has 0 saturated carbocycles. The van der Waals surface area contributed by atoms with Crippen LogP contribution in [0.3, 0.4) is 0 Å². The largest absolute Gasteiger partial charge is 0.457 e. The number of hydrogen-bond acceptors (Lipinski definition) is 8. The highest BCUT2D eigenvalue weighted by atomic mass is 16.5. The summed E-state index contributed by atoms with van der Waals surface area (Å²) >= 11 is 0. The van der Waals surface area contributed by atoms with Crippen molar-refractivity contribution >= 4 is 45.6 Å². The van der Waals surface area contributed by atoms with Gasteiger partial charge in [0.1, 0.15) is 23.3 Å². The summed E-state index contributed by atoms with van der Waals surface area (Å²) < 4.78 is 8.14. The molecule has 5 rings (SSSR count). The number of carbonyl (C=O) groups is 1. The van der Waals surface area contributed by atoms with Crippen molar-refractivity contribution in [2.75, 3.05) is 39.5 Å². The van der Waals surface area contributed by atoms with E-state index < -0.39 is 0 Å². The van der Waals surface area contributed by atoms with Crippen molar-refractivity contribution in [3.8, 4) is 11.5 Å². The quantitative estimate of drug-likeness (QED) is 0.228. The van der Waals surface area contributed by atoms with Gasteiger partial charge in [-0.05, 0) is 75.1 Å². The van der Waals surface area contributed by atoms with Gasteiger partial charge in [0.25, 0.3) is 0 Å². The predicted octanol–water partition coefficient (Wildman–Crippen LogP) is 5.35. The number of carbonyl (C=O) groups excluding carboxylic acids is 1. The summed E-state index contributed by atoms with van der Waals surface area (Å²) in [7, 11) is 7.66. The lowest BCUT2D eigenvalue weighted by atomic mass is 10.2. The number of nitrogens with zero attached hydrogens (tertiary/aromatic N) is 7. The van der Waals surface area contributed by atoms with Gasteiger partial charge in [-0.15, -0.1) is 0 Å². The minimum atomic E-state index is -0.0474. The first-order chi connectivity index (χ1) is 20.3. The summed E-state index contributed by atoms with van der Waals surface area (Å²) in [6.07, 6.45) is 10.6. The van der Waals surface area contributed by atoms with Gasteiger partial charge >= 0.3 is 0 Å². The van der Waals surface area contributed by atoms with Crippen molar-refractivity contribution in [1.82, 2.24) is 34.3 Å². The molecule has 0 fully saturated rings. The number of benzene rings is 2. The van der Waals surface area contributed by atoms with Gasteiger partial charge in [0.2, 0.25) is 5.91 Å². The Kier molecular flexibility index (Phi) is 8.54. The second-order valence-corrected chi connectivity index (χ2v) is 10.3. The van der Waals surface area contributed by atoms with E-state index in [2.05, 4.69) is 20.3 Å². The van der Waals surface area contributed by atoms with E-state index >= 15 is 0 Å². The molecule has 10 nitrogen and oxygen atoms in total. The molecule has 0 aliphatic rings. The van der Waals surface area contributed by atoms with E-state index in [9.17, 15) is 4.79 Å². The van der Waals surface area contributed by atoms with Crippen LogP contribution in [-0.4, -0.2) is 74.4 Å². The van der Waals surface area contributed by atoms with Crippen molar-refractivity contribution in [2.45, 2.75) is 6.92 Å². The number of amides is 1. The number of aromatic nitrogens is 5. The Balaban J connectivity index is 1.27. The van der Waals surface area contributed by atoms with Crippen molar-refractivity contribution in [3.63, 3.8) is 0 Å². The van der Waals surface area contributed by atoms with E-state index in [1.807, 2.05) is 104 Å². The van der Waals surface area contributed by atoms with Crippen molar-refractivity contribution in [3.05, 3.63) is 90.7 Å². The average molecular weight is 563 g/mol. The van der Waals surface area contributed by atoms with Crippen LogP contribution in [0.15, 0.2) is 79.4 Å². The molecule has 10 heteroatoms. The standard InChI is InChI=1S/C32H34N8O2/c1-22-18-24(11-15-29(22)42-25-12-14-28-27(19-25)35-21-40(28)5)37-32-31-26(33-20-34-32)13-10-23(36-31)8-6-17-39(4)30(41)9-7-16-38(2)3/h6-15,18-21H,16-17H2,1-5H3,(H,33,34,37)/b8-6+,9-7+. The van der Waals surface area contributed by atoms with Crippen LogP contribution in [0.2, 0.25) is 0 Å². The van der Waals surface area contributed by atoms with Crippen LogP contribution < -0.4 is 10.1 Å². The van der Waals surface area contributed by atoms with Gasteiger partial charge in [-0.2, -0.15) is 0 Å². The van der Waals surface area contributed by atoms with Gasteiger partial charge < -0.3 is 24.4 Å². The Labute approximate surface area is 245 Å². The second kappa shape index (κ2) is 12.6. The van der Waals surface area contributed by atoms with E-state index in [0.717, 1.165) is 51.5 Å². The van der Waals surface area contributed by atoms with Gasteiger partial charge in [0.05, 0.1) is 28.6 Å². The maximum absolute atomic E-state index is 12.3. The molecule has 0 spiro atoms. The fourth-order valence-corrected chi connectivity index (χ4v) is 4.34. The number of aryl methyl sites for hydroxylation is 2. The number of imidazole rings is 1. The zero-order chi connectivity index (χ0) is 29.6. The molecule has 3 aromatic heterocycles. The van der Waals surface area contributed by atoms with Crippen molar-refractivity contribution < 1.29 is 9.53 Å². The molecule has 0 radical (unpaired) electrons. The molecule has 3 heterocycles. The first-order valence-electron chi connectivity index (χ1n) is 13.6. The molecule has 0 atom stereocenters. The Morgan fingerprint density at radius 1 is 0.976 bits per heavy atom. The van der Waals surface area contributed by atoms with Crippen LogP contribution in [0.1, 0.15) is 11.3 Å². The number of nitrogens with one attached hydrogen (secondary N) is 1. The molecule has 0 bridgehead atoms. The van der Waals surface area contributed by atoms with Crippen LogP contribution in [0.4, 0.5) is 11.5 Å². The fraction of sp³-hybridized carbons (Fsp3) is 0.219. The minimum Gasteiger partial charge on any atom is -0.457 e. The third-order valence-electron chi connectivity index (χ3n) is 6.64. The molecule has 0 unspecified atom stereocenters. The number of ether oxygens (including phenoxy) is 1. The molecule has 0 aliphatic heterocycles. The summed E-state index contributed by atoms with van der Waals surface area (Å²) in [4.78, 5) is 33.9. The van der Waals surface area contributed by atoms with Crippen LogP contribution in [-0.2, 0) is 11.8 Å². The maximum Gasteiger partial charge on any atom is 0.246 e. The number of pyridine rings is 1. The van der Waals surface area contributed by atoms with E-state index in [4.69, 9.17) is 9.72 Å². The van der Waals surface area contributed by atoms with E-state index in [-0.39, 0.29) is 5.91 Å². The van der Waals surface area contributed by atoms with E-state index in [0.29, 0.717) is 17.9 Å². The second-order valence-electron chi connectivity index (χ2n) is 10.3. The molecule has 1 amide bonds. The lowest BCUT2D eigenvalue weighted by molar-refractivity contribution is -0.124. The van der Waals surface area contributed by atoms with E-state index in [1.54, 1.807) is 24.4 Å². The Bertz CT molecular complexity index is 1790.